The molecule has 0 aromatic carbocycles. The Morgan fingerprint density at radius 2 is 1.88 bits per heavy atom. The van der Waals surface area contributed by atoms with Gasteiger partial charge in [-0.2, -0.15) is 0 Å². The van der Waals surface area contributed by atoms with E-state index in [1.807, 2.05) is 0 Å². The van der Waals surface area contributed by atoms with Gasteiger partial charge in [-0.3, -0.25) is 0 Å². The van der Waals surface area contributed by atoms with Crippen molar-refractivity contribution in [2.75, 3.05) is 32.7 Å². The van der Waals surface area contributed by atoms with E-state index >= 15 is 0 Å². The summed E-state index contributed by atoms with van der Waals surface area (Å²) >= 11 is 5.73. The van der Waals surface area contributed by atoms with Crippen LogP contribution < -0.4 is 10.2 Å². The summed E-state index contributed by atoms with van der Waals surface area (Å²) < 4.78 is 2.45. The van der Waals surface area contributed by atoms with Crippen LogP contribution in [-0.2, 0) is 6.54 Å². The number of quaternary nitrogens is 1. The third kappa shape index (κ3) is 3.72. The lowest BCUT2D eigenvalue weighted by atomic mass is 9.95. The standard InChI is InChI=1S/C20H32N4S/c1-15-3-4-16(2)24(15)12-9-22-7-10-23(11-8-22)20(25)21-19-14-17-5-6-18(19)13-17/h3-4,17-19H,5-14H2,1-2H3,(H,21,25)/p+1/t17-,18+,19-/m0/s1. The van der Waals surface area contributed by atoms with Crippen molar-refractivity contribution in [3.8, 4) is 0 Å². The molecule has 0 radical (unpaired) electrons. The molecule has 1 aromatic heterocycles. The lowest BCUT2D eigenvalue weighted by Gasteiger charge is -2.36. The minimum absolute atomic E-state index is 0.663. The number of rotatable bonds is 4. The number of fused-ring (bicyclic) bond motifs is 2. The second kappa shape index (κ2) is 7.28. The first-order valence-electron chi connectivity index (χ1n) is 10.1. The summed E-state index contributed by atoms with van der Waals surface area (Å²) in [4.78, 5) is 4.13. The van der Waals surface area contributed by atoms with Crippen LogP contribution in [-0.4, -0.2) is 53.3 Å². The Hall–Kier alpha value is -1.07. The molecule has 4 nitrogen and oxygen atoms in total. The first kappa shape index (κ1) is 17.3. The van der Waals surface area contributed by atoms with E-state index in [1.165, 1.54) is 56.7 Å². The van der Waals surface area contributed by atoms with E-state index in [9.17, 15) is 0 Å². The van der Waals surface area contributed by atoms with Crippen molar-refractivity contribution in [2.24, 2.45) is 11.8 Å². The highest BCUT2D eigenvalue weighted by Gasteiger charge is 2.40. The monoisotopic (exact) mass is 361 g/mol. The lowest BCUT2D eigenvalue weighted by molar-refractivity contribution is -0.904. The van der Waals surface area contributed by atoms with Gasteiger partial charge in [0.2, 0.25) is 0 Å². The fourth-order valence-electron chi connectivity index (χ4n) is 5.27. The van der Waals surface area contributed by atoms with Gasteiger partial charge in [-0.05, 0) is 69.3 Å². The fraction of sp³-hybridized carbons (Fsp3) is 0.750. The quantitative estimate of drug-likeness (QED) is 0.793. The molecule has 2 N–H and O–H groups in total. The lowest BCUT2D eigenvalue weighted by Crippen LogP contribution is -3.15. The van der Waals surface area contributed by atoms with Gasteiger partial charge in [0, 0.05) is 17.4 Å². The SMILES string of the molecule is Cc1ccc(C)n1CC[NH+]1CCN(C(=S)N[C@H]2C[C@H]3CC[C@@H]2C3)CC1. The normalized spacial score (nSPS) is 29.4. The highest BCUT2D eigenvalue weighted by atomic mass is 32.1. The number of thiocarbonyl (C=S) groups is 1. The van der Waals surface area contributed by atoms with Gasteiger partial charge in [0.1, 0.15) is 0 Å². The smallest absolute Gasteiger partial charge is 0.169 e. The predicted molar refractivity (Wildman–Crippen MR) is 106 cm³/mol. The fourth-order valence-corrected chi connectivity index (χ4v) is 5.60. The molecule has 1 aromatic rings. The Bertz CT molecular complexity index is 598. The number of piperazine rings is 1. The third-order valence-electron chi connectivity index (χ3n) is 6.91. The molecule has 1 aliphatic heterocycles. The Morgan fingerprint density at radius 1 is 1.16 bits per heavy atom. The maximum atomic E-state index is 5.73. The van der Waals surface area contributed by atoms with Gasteiger partial charge in [-0.15, -0.1) is 0 Å². The predicted octanol–water partition coefficient (Wildman–Crippen LogP) is 1.37. The van der Waals surface area contributed by atoms with E-state index in [-0.39, 0.29) is 0 Å². The molecule has 3 aliphatic rings. The van der Waals surface area contributed by atoms with Crippen LogP contribution in [0.5, 0.6) is 0 Å². The summed E-state index contributed by atoms with van der Waals surface area (Å²) in [6, 6.07) is 5.11. The molecule has 3 fully saturated rings. The highest BCUT2D eigenvalue weighted by molar-refractivity contribution is 7.80. The molecule has 2 bridgehead atoms. The van der Waals surface area contributed by atoms with Gasteiger partial charge in [0.15, 0.2) is 5.11 Å². The van der Waals surface area contributed by atoms with E-state index < -0.39 is 0 Å². The van der Waals surface area contributed by atoms with Crippen LogP contribution in [0.25, 0.3) is 0 Å². The van der Waals surface area contributed by atoms with Crippen LogP contribution >= 0.6 is 12.2 Å². The zero-order chi connectivity index (χ0) is 17.4. The molecule has 25 heavy (non-hydrogen) atoms. The molecular weight excluding hydrogens is 328 g/mol. The van der Waals surface area contributed by atoms with Crippen LogP contribution in [0.15, 0.2) is 12.1 Å². The van der Waals surface area contributed by atoms with Gasteiger partial charge in [0.05, 0.1) is 39.3 Å². The van der Waals surface area contributed by atoms with Gasteiger partial charge in [-0.25, -0.2) is 0 Å². The summed E-state index contributed by atoms with van der Waals surface area (Å²) in [5.41, 5.74) is 2.76. The van der Waals surface area contributed by atoms with E-state index in [2.05, 4.69) is 40.8 Å². The average molecular weight is 362 g/mol. The Kier molecular flexibility index (Phi) is 5.05. The number of aromatic nitrogens is 1. The van der Waals surface area contributed by atoms with Crippen molar-refractivity contribution in [2.45, 2.75) is 52.1 Å². The zero-order valence-electron chi connectivity index (χ0n) is 15.8. The number of aryl methyl sites for hydroxylation is 2. The molecule has 5 heteroatoms. The molecule has 138 valence electrons. The van der Waals surface area contributed by atoms with Gasteiger partial charge >= 0.3 is 0 Å². The number of hydrogen-bond donors (Lipinski definition) is 2. The van der Waals surface area contributed by atoms with Gasteiger partial charge in [0.25, 0.3) is 0 Å². The van der Waals surface area contributed by atoms with Crippen LogP contribution in [0.1, 0.15) is 37.1 Å². The van der Waals surface area contributed by atoms with Crippen molar-refractivity contribution in [1.82, 2.24) is 14.8 Å². The minimum Gasteiger partial charge on any atom is -0.360 e. The van der Waals surface area contributed by atoms with Crippen LogP contribution in [0.2, 0.25) is 0 Å². The molecule has 3 atom stereocenters. The number of nitrogens with zero attached hydrogens (tertiary/aromatic N) is 2. The Morgan fingerprint density at radius 3 is 2.48 bits per heavy atom. The molecular formula is C20H33N4S+. The highest BCUT2D eigenvalue weighted by Crippen LogP contribution is 2.44. The Labute approximate surface area is 157 Å². The summed E-state index contributed by atoms with van der Waals surface area (Å²) in [7, 11) is 0. The second-order valence-electron chi connectivity index (χ2n) is 8.49. The maximum absolute atomic E-state index is 5.73. The topological polar surface area (TPSA) is 24.6 Å². The van der Waals surface area contributed by atoms with Crippen molar-refractivity contribution >= 4 is 17.3 Å². The van der Waals surface area contributed by atoms with E-state index in [0.29, 0.717) is 6.04 Å². The third-order valence-corrected chi connectivity index (χ3v) is 7.29. The first-order chi connectivity index (χ1) is 12.1. The summed E-state index contributed by atoms with van der Waals surface area (Å²) in [5, 5.41) is 4.73. The number of nitrogens with one attached hydrogen (secondary N) is 2. The molecule has 2 heterocycles. The van der Waals surface area contributed by atoms with Crippen LogP contribution in [0.3, 0.4) is 0 Å². The van der Waals surface area contributed by atoms with Crippen molar-refractivity contribution in [1.29, 1.82) is 0 Å². The van der Waals surface area contributed by atoms with E-state index in [4.69, 9.17) is 12.2 Å². The second-order valence-corrected chi connectivity index (χ2v) is 8.87. The molecule has 4 rings (SSSR count). The first-order valence-corrected chi connectivity index (χ1v) is 10.5. The van der Waals surface area contributed by atoms with E-state index in [0.717, 1.165) is 36.6 Å². The van der Waals surface area contributed by atoms with Crippen LogP contribution in [0, 0.1) is 25.7 Å². The molecule has 0 unspecified atom stereocenters. The summed E-state index contributed by atoms with van der Waals surface area (Å²) in [6.45, 7) is 11.4. The van der Waals surface area contributed by atoms with Crippen molar-refractivity contribution in [3.05, 3.63) is 23.5 Å². The number of hydrogen-bond acceptors (Lipinski definition) is 1. The molecule has 0 amide bonds. The largest absolute Gasteiger partial charge is 0.360 e. The minimum atomic E-state index is 0.663. The summed E-state index contributed by atoms with van der Waals surface area (Å²) in [6.07, 6.45) is 5.67. The molecule has 0 spiro atoms. The maximum Gasteiger partial charge on any atom is 0.169 e. The van der Waals surface area contributed by atoms with Gasteiger partial charge in [-0.1, -0.05) is 6.42 Å². The van der Waals surface area contributed by atoms with Gasteiger partial charge < -0.3 is 19.7 Å². The van der Waals surface area contributed by atoms with Crippen LogP contribution in [0.4, 0.5) is 0 Å². The Balaban J connectivity index is 1.21. The molecule has 2 aliphatic carbocycles. The van der Waals surface area contributed by atoms with E-state index in [1.54, 1.807) is 4.90 Å². The average Bonchev–Trinajstić information content (AvgIpc) is 3.31. The van der Waals surface area contributed by atoms with Crippen molar-refractivity contribution in [3.63, 3.8) is 0 Å². The summed E-state index contributed by atoms with van der Waals surface area (Å²) in [5.74, 6) is 1.87. The molecule has 2 saturated carbocycles. The van der Waals surface area contributed by atoms with Crippen molar-refractivity contribution < 1.29 is 4.90 Å². The molecule has 1 saturated heterocycles. The zero-order valence-corrected chi connectivity index (χ0v) is 16.6.